The third-order valence-electron chi connectivity index (χ3n) is 5.39. The van der Waals surface area contributed by atoms with E-state index >= 15 is 0 Å². The summed E-state index contributed by atoms with van der Waals surface area (Å²) in [6.45, 7) is 4.43. The molecule has 6 nitrogen and oxygen atoms in total. The van der Waals surface area contributed by atoms with Crippen LogP contribution in [0.25, 0.3) is 10.9 Å². The third kappa shape index (κ3) is 3.49. The second-order valence-electron chi connectivity index (χ2n) is 7.26. The van der Waals surface area contributed by atoms with Gasteiger partial charge in [-0.05, 0) is 43.7 Å². The van der Waals surface area contributed by atoms with Crippen LogP contribution in [0.15, 0.2) is 36.7 Å². The topological polar surface area (TPSA) is 66.8 Å². The van der Waals surface area contributed by atoms with Crippen molar-refractivity contribution in [2.45, 2.75) is 39.2 Å². The maximum absolute atomic E-state index is 12.7. The second-order valence-corrected chi connectivity index (χ2v) is 7.26. The summed E-state index contributed by atoms with van der Waals surface area (Å²) in [5, 5.41) is 12.7. The number of hydrogen-bond donors (Lipinski definition) is 1. The Hall–Kier alpha value is -2.63. The first-order valence-corrected chi connectivity index (χ1v) is 9.38. The van der Waals surface area contributed by atoms with Crippen molar-refractivity contribution < 1.29 is 4.79 Å². The van der Waals surface area contributed by atoms with Crippen molar-refractivity contribution in [3.05, 3.63) is 47.9 Å². The molecule has 1 aliphatic heterocycles. The molecule has 4 rings (SSSR count). The van der Waals surface area contributed by atoms with Crippen LogP contribution in [0.4, 0.5) is 0 Å². The molecule has 136 valence electrons. The highest BCUT2D eigenvalue weighted by molar-refractivity contribution is 5.79. The van der Waals surface area contributed by atoms with Crippen LogP contribution in [0.5, 0.6) is 0 Å². The lowest BCUT2D eigenvalue weighted by Gasteiger charge is -2.33. The van der Waals surface area contributed by atoms with Crippen molar-refractivity contribution in [2.75, 3.05) is 13.1 Å². The number of rotatable bonds is 5. The monoisotopic (exact) mass is 351 g/mol. The van der Waals surface area contributed by atoms with Gasteiger partial charge in [0.15, 0.2) is 0 Å². The zero-order valence-electron chi connectivity index (χ0n) is 15.2. The number of amides is 1. The number of aromatic amines is 1. The van der Waals surface area contributed by atoms with Crippen molar-refractivity contribution in [2.24, 2.45) is 5.92 Å². The van der Waals surface area contributed by atoms with Crippen molar-refractivity contribution >= 4 is 16.8 Å². The van der Waals surface area contributed by atoms with Gasteiger partial charge in [-0.15, -0.1) is 0 Å². The fraction of sp³-hybridized carbons (Fsp3) is 0.450. The summed E-state index contributed by atoms with van der Waals surface area (Å²) in [5.41, 5.74) is 3.50. The van der Waals surface area contributed by atoms with E-state index in [9.17, 15) is 4.79 Å². The van der Waals surface area contributed by atoms with E-state index in [1.54, 1.807) is 0 Å². The standard InChI is InChI=1S/C20H25N5O/c1-15-12-21-23-18(15)11-16-5-4-9-24(14-16)20(26)8-10-25-19-7-3-2-6-17(19)13-22-25/h2-3,6-7,12-13,16H,4-5,8-11,14H2,1H3,(H,21,23)/t16-/m0/s1. The Balaban J connectivity index is 1.34. The minimum atomic E-state index is 0.232. The quantitative estimate of drug-likeness (QED) is 0.768. The number of aromatic nitrogens is 4. The van der Waals surface area contributed by atoms with E-state index in [0.717, 1.165) is 36.8 Å². The average Bonchev–Trinajstić information content (AvgIpc) is 3.26. The van der Waals surface area contributed by atoms with Crippen LogP contribution in [0.2, 0.25) is 0 Å². The summed E-state index contributed by atoms with van der Waals surface area (Å²) < 4.78 is 1.93. The minimum Gasteiger partial charge on any atom is -0.342 e. The number of carbonyl (C=O) groups excluding carboxylic acids is 1. The molecule has 1 saturated heterocycles. The Kier molecular flexibility index (Phi) is 4.73. The summed E-state index contributed by atoms with van der Waals surface area (Å²) in [6, 6.07) is 8.12. The number of likely N-dealkylation sites (tertiary alicyclic amines) is 1. The largest absolute Gasteiger partial charge is 0.342 e. The van der Waals surface area contributed by atoms with Gasteiger partial charge < -0.3 is 4.90 Å². The zero-order valence-corrected chi connectivity index (χ0v) is 15.2. The lowest BCUT2D eigenvalue weighted by molar-refractivity contribution is -0.133. The van der Waals surface area contributed by atoms with Crippen LogP contribution in [-0.4, -0.2) is 43.9 Å². The van der Waals surface area contributed by atoms with Gasteiger partial charge in [-0.3, -0.25) is 14.6 Å². The van der Waals surface area contributed by atoms with Gasteiger partial charge in [-0.2, -0.15) is 10.2 Å². The summed E-state index contributed by atoms with van der Waals surface area (Å²) in [7, 11) is 0. The average molecular weight is 351 g/mol. The normalized spacial score (nSPS) is 17.7. The Labute approximate surface area is 153 Å². The first-order chi connectivity index (χ1) is 12.7. The molecule has 1 aromatic carbocycles. The van der Waals surface area contributed by atoms with Crippen LogP contribution in [0.1, 0.15) is 30.5 Å². The molecule has 0 spiro atoms. The number of nitrogens with one attached hydrogen (secondary N) is 1. The third-order valence-corrected chi connectivity index (χ3v) is 5.39. The molecule has 1 fully saturated rings. The van der Waals surface area contributed by atoms with Gasteiger partial charge in [0.2, 0.25) is 5.91 Å². The van der Waals surface area contributed by atoms with E-state index in [2.05, 4.69) is 28.3 Å². The van der Waals surface area contributed by atoms with Crippen LogP contribution in [0, 0.1) is 12.8 Å². The van der Waals surface area contributed by atoms with E-state index in [-0.39, 0.29) is 5.91 Å². The van der Waals surface area contributed by atoms with Gasteiger partial charge >= 0.3 is 0 Å². The number of benzene rings is 1. The van der Waals surface area contributed by atoms with Gasteiger partial charge in [0.1, 0.15) is 0 Å². The molecule has 0 saturated carbocycles. The van der Waals surface area contributed by atoms with E-state index in [0.29, 0.717) is 18.9 Å². The minimum absolute atomic E-state index is 0.232. The number of nitrogens with zero attached hydrogens (tertiary/aromatic N) is 4. The highest BCUT2D eigenvalue weighted by Gasteiger charge is 2.24. The van der Waals surface area contributed by atoms with Gasteiger partial charge in [0.25, 0.3) is 0 Å². The molecule has 1 N–H and O–H groups in total. The number of fused-ring (bicyclic) bond motifs is 1. The number of hydrogen-bond acceptors (Lipinski definition) is 3. The van der Waals surface area contributed by atoms with Crippen molar-refractivity contribution in [3.8, 4) is 0 Å². The van der Waals surface area contributed by atoms with E-state index in [1.807, 2.05) is 40.2 Å². The summed E-state index contributed by atoms with van der Waals surface area (Å²) >= 11 is 0. The first-order valence-electron chi connectivity index (χ1n) is 9.38. The SMILES string of the molecule is Cc1cn[nH]c1C[C@@H]1CCCN(C(=O)CCn2ncc3ccccc32)C1. The number of para-hydroxylation sites is 1. The predicted octanol–water partition coefficient (Wildman–Crippen LogP) is 2.94. The fourth-order valence-electron chi connectivity index (χ4n) is 3.89. The van der Waals surface area contributed by atoms with Gasteiger partial charge in [0, 0.05) is 30.6 Å². The van der Waals surface area contributed by atoms with Crippen molar-refractivity contribution in [1.82, 2.24) is 24.9 Å². The maximum atomic E-state index is 12.7. The number of H-pyrrole nitrogens is 1. The first kappa shape index (κ1) is 16.8. The molecule has 1 amide bonds. The molecule has 3 heterocycles. The molecule has 0 unspecified atom stereocenters. The van der Waals surface area contributed by atoms with Crippen molar-refractivity contribution in [3.63, 3.8) is 0 Å². The molecule has 0 radical (unpaired) electrons. The van der Waals surface area contributed by atoms with Crippen LogP contribution in [-0.2, 0) is 17.8 Å². The maximum Gasteiger partial charge on any atom is 0.224 e. The van der Waals surface area contributed by atoms with Crippen LogP contribution in [0.3, 0.4) is 0 Å². The Morgan fingerprint density at radius 2 is 2.19 bits per heavy atom. The highest BCUT2D eigenvalue weighted by atomic mass is 16.2. The molecule has 26 heavy (non-hydrogen) atoms. The van der Waals surface area contributed by atoms with E-state index < -0.39 is 0 Å². The van der Waals surface area contributed by atoms with E-state index in [1.165, 1.54) is 17.7 Å². The van der Waals surface area contributed by atoms with Crippen LogP contribution >= 0.6 is 0 Å². The number of piperidine rings is 1. The van der Waals surface area contributed by atoms with Gasteiger partial charge in [-0.25, -0.2) is 0 Å². The smallest absolute Gasteiger partial charge is 0.224 e. The van der Waals surface area contributed by atoms with Gasteiger partial charge in [0.05, 0.1) is 24.5 Å². The molecule has 3 aromatic rings. The van der Waals surface area contributed by atoms with Gasteiger partial charge in [-0.1, -0.05) is 18.2 Å². The molecular formula is C20H25N5O. The van der Waals surface area contributed by atoms with E-state index in [4.69, 9.17) is 0 Å². The molecular weight excluding hydrogens is 326 g/mol. The number of aryl methyl sites for hydroxylation is 2. The summed E-state index contributed by atoms with van der Waals surface area (Å²) in [4.78, 5) is 14.7. The Bertz CT molecular complexity index is 896. The molecule has 6 heteroatoms. The molecule has 0 aliphatic carbocycles. The molecule has 2 aromatic heterocycles. The Morgan fingerprint density at radius 1 is 1.31 bits per heavy atom. The summed E-state index contributed by atoms with van der Waals surface area (Å²) in [5.74, 6) is 0.744. The summed E-state index contributed by atoms with van der Waals surface area (Å²) in [6.07, 6.45) is 7.46. The predicted molar refractivity (Wildman–Crippen MR) is 101 cm³/mol. The molecule has 1 atom stereocenters. The second kappa shape index (κ2) is 7.32. The van der Waals surface area contributed by atoms with Crippen LogP contribution < -0.4 is 0 Å². The lowest BCUT2D eigenvalue weighted by atomic mass is 9.92. The lowest BCUT2D eigenvalue weighted by Crippen LogP contribution is -2.40. The molecule has 0 bridgehead atoms. The molecule has 1 aliphatic rings. The van der Waals surface area contributed by atoms with Crippen molar-refractivity contribution in [1.29, 1.82) is 0 Å². The Morgan fingerprint density at radius 3 is 3.04 bits per heavy atom. The fourth-order valence-corrected chi connectivity index (χ4v) is 3.89. The zero-order chi connectivity index (χ0) is 17.9. The number of carbonyl (C=O) groups is 1. The highest BCUT2D eigenvalue weighted by Crippen LogP contribution is 2.22.